The highest BCUT2D eigenvalue weighted by Crippen LogP contribution is 2.13. The molecule has 1 radical (unpaired) electrons. The van der Waals surface area contributed by atoms with Crippen LogP contribution in [0.2, 0.25) is 0 Å². The standard InChI is InChI=1S/C8H8Br/c1-6-3-7(2)5-8(9)4-6/h4-5H,1-2H3. The van der Waals surface area contributed by atoms with Crippen molar-refractivity contribution in [3.8, 4) is 0 Å². The van der Waals surface area contributed by atoms with E-state index in [1.165, 1.54) is 11.1 Å². The topological polar surface area (TPSA) is 0 Å². The van der Waals surface area contributed by atoms with Crippen LogP contribution in [0.5, 0.6) is 0 Å². The molecule has 1 rings (SSSR count). The molecule has 1 heteroatoms. The molecule has 0 atom stereocenters. The average Bonchev–Trinajstić information content (AvgIpc) is 1.59. The lowest BCUT2D eigenvalue weighted by atomic mass is 10.2. The van der Waals surface area contributed by atoms with Crippen molar-refractivity contribution in [3.05, 3.63) is 33.8 Å². The zero-order valence-corrected chi connectivity index (χ0v) is 7.12. The van der Waals surface area contributed by atoms with E-state index >= 15 is 0 Å². The Bertz CT molecular complexity index is 165. The summed E-state index contributed by atoms with van der Waals surface area (Å²) in [5, 5.41) is 0. The smallest absolute Gasteiger partial charge is 0.0180 e. The van der Waals surface area contributed by atoms with Gasteiger partial charge in [0.15, 0.2) is 0 Å². The molecule has 0 amide bonds. The average molecular weight is 184 g/mol. The molecule has 1 aromatic rings. The van der Waals surface area contributed by atoms with Crippen molar-refractivity contribution in [1.82, 2.24) is 0 Å². The lowest BCUT2D eigenvalue weighted by Crippen LogP contribution is -1.76. The second-order valence-corrected chi connectivity index (χ2v) is 3.08. The predicted molar refractivity (Wildman–Crippen MR) is 42.5 cm³/mol. The van der Waals surface area contributed by atoms with Gasteiger partial charge in [-0.3, -0.25) is 0 Å². The fraction of sp³-hybridized carbons (Fsp3) is 0.250. The summed E-state index contributed by atoms with van der Waals surface area (Å²) in [5.41, 5.74) is 2.36. The summed E-state index contributed by atoms with van der Waals surface area (Å²) < 4.78 is 1.14. The van der Waals surface area contributed by atoms with Crippen LogP contribution in [0.15, 0.2) is 16.6 Å². The van der Waals surface area contributed by atoms with Crippen LogP contribution in [-0.4, -0.2) is 0 Å². The first-order valence-electron chi connectivity index (χ1n) is 2.84. The molecule has 0 spiro atoms. The highest BCUT2D eigenvalue weighted by Gasteiger charge is 1.89. The summed E-state index contributed by atoms with van der Waals surface area (Å²) in [7, 11) is 0. The number of rotatable bonds is 0. The third-order valence-corrected chi connectivity index (χ3v) is 1.56. The molecule has 0 unspecified atom stereocenters. The van der Waals surface area contributed by atoms with Crippen molar-refractivity contribution < 1.29 is 0 Å². The van der Waals surface area contributed by atoms with Gasteiger partial charge in [0.05, 0.1) is 0 Å². The molecule has 0 bridgehead atoms. The SMILES string of the molecule is Cc1[c]c(C)cc(Br)c1. The number of aryl methyl sites for hydroxylation is 2. The Balaban J connectivity index is 3.17. The van der Waals surface area contributed by atoms with Crippen LogP contribution in [0.3, 0.4) is 0 Å². The van der Waals surface area contributed by atoms with Gasteiger partial charge in [-0.25, -0.2) is 0 Å². The second-order valence-electron chi connectivity index (χ2n) is 2.16. The minimum atomic E-state index is 1.14. The molecule has 0 aliphatic carbocycles. The van der Waals surface area contributed by atoms with Crippen molar-refractivity contribution in [1.29, 1.82) is 0 Å². The molecule has 0 aliphatic heterocycles. The summed E-state index contributed by atoms with van der Waals surface area (Å²) in [5.74, 6) is 0. The molecule has 0 fully saturated rings. The molecule has 1 aromatic carbocycles. The minimum Gasteiger partial charge on any atom is -0.0508 e. The van der Waals surface area contributed by atoms with Crippen molar-refractivity contribution >= 4 is 15.9 Å². The van der Waals surface area contributed by atoms with Crippen molar-refractivity contribution in [2.24, 2.45) is 0 Å². The molecule has 9 heavy (non-hydrogen) atoms. The molecular formula is C8H8Br. The van der Waals surface area contributed by atoms with Gasteiger partial charge in [0.25, 0.3) is 0 Å². The lowest BCUT2D eigenvalue weighted by molar-refractivity contribution is 1.35. The van der Waals surface area contributed by atoms with E-state index in [1.807, 2.05) is 26.0 Å². The molecule has 0 N–H and O–H groups in total. The van der Waals surface area contributed by atoms with Gasteiger partial charge >= 0.3 is 0 Å². The van der Waals surface area contributed by atoms with E-state index in [0.29, 0.717) is 0 Å². The Hall–Kier alpha value is -0.300. The Kier molecular flexibility index (Phi) is 1.91. The van der Waals surface area contributed by atoms with E-state index in [1.54, 1.807) is 0 Å². The van der Waals surface area contributed by atoms with E-state index in [2.05, 4.69) is 22.0 Å². The highest BCUT2D eigenvalue weighted by molar-refractivity contribution is 9.10. The summed E-state index contributed by atoms with van der Waals surface area (Å²) in [6.45, 7) is 4.08. The first-order valence-corrected chi connectivity index (χ1v) is 3.64. The maximum absolute atomic E-state index is 3.39. The second kappa shape index (κ2) is 2.53. The van der Waals surface area contributed by atoms with Crippen molar-refractivity contribution in [2.45, 2.75) is 13.8 Å². The van der Waals surface area contributed by atoms with Gasteiger partial charge in [0.1, 0.15) is 0 Å². The summed E-state index contributed by atoms with van der Waals surface area (Å²) >= 11 is 3.39. The molecule has 0 heterocycles. The fourth-order valence-electron chi connectivity index (χ4n) is 0.839. The molecule has 0 aliphatic rings. The van der Waals surface area contributed by atoms with Gasteiger partial charge in [-0.05, 0) is 43.2 Å². The van der Waals surface area contributed by atoms with Gasteiger partial charge in [0, 0.05) is 4.47 Å². The van der Waals surface area contributed by atoms with Crippen LogP contribution in [-0.2, 0) is 0 Å². The Morgan fingerprint density at radius 1 is 1.22 bits per heavy atom. The Morgan fingerprint density at radius 2 is 1.67 bits per heavy atom. The van der Waals surface area contributed by atoms with Gasteiger partial charge in [-0.1, -0.05) is 15.9 Å². The van der Waals surface area contributed by atoms with Gasteiger partial charge in [-0.2, -0.15) is 0 Å². The van der Waals surface area contributed by atoms with Crippen LogP contribution >= 0.6 is 15.9 Å². The van der Waals surface area contributed by atoms with Gasteiger partial charge in [0.2, 0.25) is 0 Å². The Morgan fingerprint density at radius 3 is 2.00 bits per heavy atom. The normalized spacial score (nSPS) is 9.67. The van der Waals surface area contributed by atoms with Gasteiger partial charge in [-0.15, -0.1) is 0 Å². The molecule has 0 saturated heterocycles. The number of hydrogen-bond acceptors (Lipinski definition) is 0. The Labute approximate surface area is 64.0 Å². The van der Waals surface area contributed by atoms with Crippen LogP contribution in [0, 0.1) is 19.9 Å². The first kappa shape index (κ1) is 6.81. The van der Waals surface area contributed by atoms with Crippen LogP contribution in [0.1, 0.15) is 11.1 Å². The van der Waals surface area contributed by atoms with Crippen molar-refractivity contribution in [2.75, 3.05) is 0 Å². The van der Waals surface area contributed by atoms with E-state index < -0.39 is 0 Å². The molecule has 0 nitrogen and oxygen atoms in total. The summed E-state index contributed by atoms with van der Waals surface area (Å²) in [4.78, 5) is 0. The predicted octanol–water partition coefficient (Wildman–Crippen LogP) is 2.87. The van der Waals surface area contributed by atoms with Crippen LogP contribution in [0.25, 0.3) is 0 Å². The lowest BCUT2D eigenvalue weighted by Gasteiger charge is -1.94. The van der Waals surface area contributed by atoms with E-state index in [9.17, 15) is 0 Å². The highest BCUT2D eigenvalue weighted by atomic mass is 79.9. The van der Waals surface area contributed by atoms with Crippen molar-refractivity contribution in [3.63, 3.8) is 0 Å². The monoisotopic (exact) mass is 183 g/mol. The quantitative estimate of drug-likeness (QED) is 0.581. The fourth-order valence-corrected chi connectivity index (χ4v) is 1.53. The molecule has 0 saturated carbocycles. The molecular weight excluding hydrogens is 176 g/mol. The third-order valence-electron chi connectivity index (χ3n) is 1.10. The van der Waals surface area contributed by atoms with E-state index in [0.717, 1.165) is 4.47 Å². The largest absolute Gasteiger partial charge is 0.0508 e. The summed E-state index contributed by atoms with van der Waals surface area (Å²) in [6.07, 6.45) is 0. The third kappa shape index (κ3) is 1.83. The van der Waals surface area contributed by atoms with E-state index in [-0.39, 0.29) is 0 Å². The number of benzene rings is 1. The van der Waals surface area contributed by atoms with E-state index in [4.69, 9.17) is 0 Å². The zero-order chi connectivity index (χ0) is 6.85. The first-order chi connectivity index (χ1) is 4.18. The number of halogens is 1. The van der Waals surface area contributed by atoms with Crippen LogP contribution in [0.4, 0.5) is 0 Å². The minimum absolute atomic E-state index is 1.14. The maximum atomic E-state index is 3.39. The zero-order valence-electron chi connectivity index (χ0n) is 5.53. The summed E-state index contributed by atoms with van der Waals surface area (Å²) in [6, 6.07) is 7.28. The number of hydrogen-bond donors (Lipinski definition) is 0. The maximum Gasteiger partial charge on any atom is 0.0180 e. The van der Waals surface area contributed by atoms with Gasteiger partial charge < -0.3 is 0 Å². The van der Waals surface area contributed by atoms with Crippen LogP contribution < -0.4 is 0 Å². The molecule has 0 aromatic heterocycles. The molecule has 47 valence electrons.